The quantitative estimate of drug-likeness (QED) is 0.296. The Morgan fingerprint density at radius 1 is 1.18 bits per heavy atom. The van der Waals surface area contributed by atoms with Gasteiger partial charge in [-0.15, -0.1) is 11.3 Å². The van der Waals surface area contributed by atoms with Crippen molar-refractivity contribution in [1.82, 2.24) is 24.9 Å². The molecule has 6 rings (SSSR count). The summed E-state index contributed by atoms with van der Waals surface area (Å²) in [5.41, 5.74) is 4.44. The Morgan fingerprint density at radius 3 is 2.70 bits per heavy atom. The Bertz CT molecular complexity index is 1760. The van der Waals surface area contributed by atoms with Crippen LogP contribution in [-0.2, 0) is 12.8 Å². The maximum absolute atomic E-state index is 15.2. The molecule has 204 valence electrons. The molecule has 0 bridgehead atoms. The van der Waals surface area contributed by atoms with Gasteiger partial charge in [0.2, 0.25) is 5.88 Å². The third-order valence-electron chi connectivity index (χ3n) is 6.56. The molecule has 1 aliphatic rings. The number of nitrogens with zero attached hydrogens (tertiary/aromatic N) is 6. The fourth-order valence-corrected chi connectivity index (χ4v) is 5.88. The average molecular weight is 563 g/mol. The number of rotatable bonds is 7. The fraction of sp³-hybridized carbons (Fsp3) is 0.259. The van der Waals surface area contributed by atoms with Crippen molar-refractivity contribution in [2.45, 2.75) is 25.9 Å². The number of aromatic nitrogens is 5. The number of methoxy groups -OCH3 is 1. The summed E-state index contributed by atoms with van der Waals surface area (Å²) >= 11 is 1.40. The number of carboxylic acid groups (broad SMARTS) is 1. The molecule has 4 heterocycles. The Balaban J connectivity index is 1.33. The van der Waals surface area contributed by atoms with Crippen molar-refractivity contribution >= 4 is 44.4 Å². The van der Waals surface area contributed by atoms with Crippen molar-refractivity contribution in [2.24, 2.45) is 0 Å². The lowest BCUT2D eigenvalue weighted by atomic mass is 10.1. The predicted octanol–water partition coefficient (Wildman–Crippen LogP) is 4.18. The van der Waals surface area contributed by atoms with Crippen molar-refractivity contribution < 1.29 is 28.9 Å². The van der Waals surface area contributed by atoms with E-state index in [-0.39, 0.29) is 31.0 Å². The van der Waals surface area contributed by atoms with E-state index in [0.717, 1.165) is 20.7 Å². The van der Waals surface area contributed by atoms with Crippen LogP contribution in [-0.4, -0.2) is 67.6 Å². The van der Waals surface area contributed by atoms with Gasteiger partial charge in [-0.2, -0.15) is 0 Å². The monoisotopic (exact) mass is 562 g/mol. The molecular formula is C27H23FN6O5S. The van der Waals surface area contributed by atoms with Gasteiger partial charge in [0.15, 0.2) is 11.6 Å². The minimum absolute atomic E-state index is 0.0563. The summed E-state index contributed by atoms with van der Waals surface area (Å²) in [6.45, 7) is 1.78. The van der Waals surface area contributed by atoms with Gasteiger partial charge in [-0.1, -0.05) is 0 Å². The number of carbonyl (C=O) groups is 1. The van der Waals surface area contributed by atoms with Gasteiger partial charge in [-0.25, -0.2) is 34.1 Å². The number of thiazole rings is 1. The van der Waals surface area contributed by atoms with E-state index in [2.05, 4.69) is 19.9 Å². The molecule has 1 atom stereocenters. The standard InChI is InChI=1S/C27H23FN6O5S/c1-13-5-16(23-19(6-13)32-22(38-2)11-31-23)26-33-20-8-18(28)24-17(25(20)40-26)7-15(39-24)12-34(27(36)37)14-9-29-21(3-4-35)30-10-14/h5-6,8-11,15,35H,3-4,7,12H2,1-2H3,(H,36,37)/t15-/m1/s1. The van der Waals surface area contributed by atoms with E-state index in [0.29, 0.717) is 45.2 Å². The molecule has 1 amide bonds. The molecule has 13 heteroatoms. The number of halogens is 1. The smallest absolute Gasteiger partial charge is 0.412 e. The molecule has 2 aromatic carbocycles. The van der Waals surface area contributed by atoms with Gasteiger partial charge in [-0.05, 0) is 24.6 Å². The van der Waals surface area contributed by atoms with Gasteiger partial charge in [0, 0.05) is 30.0 Å². The highest BCUT2D eigenvalue weighted by atomic mass is 32.1. The van der Waals surface area contributed by atoms with Crippen LogP contribution in [0.1, 0.15) is 17.0 Å². The summed E-state index contributed by atoms with van der Waals surface area (Å²) in [5.74, 6) is 0.350. The van der Waals surface area contributed by atoms with Crippen molar-refractivity contribution in [1.29, 1.82) is 0 Å². The summed E-state index contributed by atoms with van der Waals surface area (Å²) in [4.78, 5) is 35.1. The summed E-state index contributed by atoms with van der Waals surface area (Å²) < 4.78 is 27.1. The van der Waals surface area contributed by atoms with Crippen LogP contribution in [0.5, 0.6) is 11.6 Å². The molecule has 0 spiro atoms. The molecular weight excluding hydrogens is 539 g/mol. The average Bonchev–Trinajstić information content (AvgIpc) is 3.56. The molecule has 0 saturated heterocycles. The first-order valence-corrected chi connectivity index (χ1v) is 13.2. The second-order valence-electron chi connectivity index (χ2n) is 9.29. The molecule has 5 aromatic rings. The van der Waals surface area contributed by atoms with E-state index >= 15 is 4.39 Å². The minimum atomic E-state index is -1.21. The summed E-state index contributed by atoms with van der Waals surface area (Å²) in [6.07, 6.45) is 3.02. The first-order valence-electron chi connectivity index (χ1n) is 12.4. The number of aryl methyl sites for hydroxylation is 1. The SMILES string of the molecule is COc1cnc2c(-c3nc4cc(F)c5c(c4s3)C[C@H](CN(C(=O)O)c3cnc(CCO)nc3)O5)cc(C)cc2n1. The maximum atomic E-state index is 15.2. The Hall–Kier alpha value is -4.49. The lowest BCUT2D eigenvalue weighted by Gasteiger charge is -2.22. The van der Waals surface area contributed by atoms with E-state index in [9.17, 15) is 9.90 Å². The van der Waals surface area contributed by atoms with Gasteiger partial charge in [0.25, 0.3) is 0 Å². The van der Waals surface area contributed by atoms with Gasteiger partial charge >= 0.3 is 6.09 Å². The number of benzene rings is 2. The van der Waals surface area contributed by atoms with Crippen LogP contribution in [0.2, 0.25) is 0 Å². The zero-order valence-electron chi connectivity index (χ0n) is 21.5. The molecule has 0 fully saturated rings. The lowest BCUT2D eigenvalue weighted by Crippen LogP contribution is -2.38. The van der Waals surface area contributed by atoms with E-state index in [4.69, 9.17) is 19.6 Å². The largest absolute Gasteiger partial charge is 0.485 e. The van der Waals surface area contributed by atoms with Crippen molar-refractivity contribution in [3.05, 3.63) is 59.6 Å². The zero-order valence-corrected chi connectivity index (χ0v) is 22.3. The van der Waals surface area contributed by atoms with Crippen LogP contribution in [0.25, 0.3) is 31.8 Å². The third kappa shape index (κ3) is 4.62. The fourth-order valence-electron chi connectivity index (χ4n) is 4.77. The molecule has 0 unspecified atom stereocenters. The number of ether oxygens (including phenoxy) is 2. The summed E-state index contributed by atoms with van der Waals surface area (Å²) in [6, 6.07) is 5.22. The number of anilines is 1. The zero-order chi connectivity index (χ0) is 28.0. The number of hydrogen-bond acceptors (Lipinski definition) is 10. The topological polar surface area (TPSA) is 144 Å². The van der Waals surface area contributed by atoms with Crippen LogP contribution in [0.3, 0.4) is 0 Å². The van der Waals surface area contributed by atoms with Crippen LogP contribution >= 0.6 is 11.3 Å². The highest BCUT2D eigenvalue weighted by Crippen LogP contribution is 2.43. The van der Waals surface area contributed by atoms with Crippen molar-refractivity contribution in [2.75, 3.05) is 25.2 Å². The van der Waals surface area contributed by atoms with Crippen LogP contribution in [0.15, 0.2) is 36.8 Å². The maximum Gasteiger partial charge on any atom is 0.412 e. The highest BCUT2D eigenvalue weighted by Gasteiger charge is 2.33. The third-order valence-corrected chi connectivity index (χ3v) is 7.73. The van der Waals surface area contributed by atoms with E-state index < -0.39 is 18.0 Å². The highest BCUT2D eigenvalue weighted by molar-refractivity contribution is 7.22. The number of fused-ring (bicyclic) bond motifs is 4. The van der Waals surface area contributed by atoms with Crippen molar-refractivity contribution in [3.8, 4) is 22.2 Å². The first kappa shape index (κ1) is 25.8. The minimum Gasteiger partial charge on any atom is -0.485 e. The van der Waals surface area contributed by atoms with Crippen LogP contribution in [0, 0.1) is 12.7 Å². The molecule has 1 aliphatic heterocycles. The van der Waals surface area contributed by atoms with E-state index in [1.165, 1.54) is 36.9 Å². The molecule has 0 aliphatic carbocycles. The van der Waals surface area contributed by atoms with Crippen LogP contribution in [0.4, 0.5) is 14.9 Å². The second kappa shape index (κ2) is 10.2. The molecule has 40 heavy (non-hydrogen) atoms. The second-order valence-corrected chi connectivity index (χ2v) is 10.3. The van der Waals surface area contributed by atoms with E-state index in [1.807, 2.05) is 19.1 Å². The Labute approximate surface area is 230 Å². The molecule has 3 aromatic heterocycles. The summed E-state index contributed by atoms with van der Waals surface area (Å²) in [7, 11) is 1.53. The Morgan fingerprint density at radius 2 is 1.98 bits per heavy atom. The van der Waals surface area contributed by atoms with Gasteiger partial charge < -0.3 is 19.7 Å². The molecule has 0 radical (unpaired) electrons. The van der Waals surface area contributed by atoms with Gasteiger partial charge in [-0.3, -0.25) is 4.90 Å². The molecule has 0 saturated carbocycles. The molecule has 2 N–H and O–H groups in total. The van der Waals surface area contributed by atoms with Gasteiger partial charge in [0.05, 0.1) is 65.8 Å². The first-order chi connectivity index (χ1) is 19.3. The van der Waals surface area contributed by atoms with Gasteiger partial charge in [0.1, 0.15) is 16.9 Å². The summed E-state index contributed by atoms with van der Waals surface area (Å²) in [5, 5.41) is 19.6. The number of hydrogen-bond donors (Lipinski definition) is 2. The van der Waals surface area contributed by atoms with E-state index in [1.54, 1.807) is 6.20 Å². The van der Waals surface area contributed by atoms with Crippen LogP contribution < -0.4 is 14.4 Å². The normalized spacial score (nSPS) is 14.3. The number of aliphatic hydroxyl groups excluding tert-OH is 1. The number of amides is 1. The molecule has 11 nitrogen and oxygen atoms in total. The lowest BCUT2D eigenvalue weighted by molar-refractivity contribution is 0.190. The number of aliphatic hydroxyl groups is 1. The predicted molar refractivity (Wildman–Crippen MR) is 146 cm³/mol. The van der Waals surface area contributed by atoms with Crippen molar-refractivity contribution in [3.63, 3.8) is 0 Å². The Kier molecular flexibility index (Phi) is 6.60.